The summed E-state index contributed by atoms with van der Waals surface area (Å²) in [6.07, 6.45) is 0. The summed E-state index contributed by atoms with van der Waals surface area (Å²) in [5, 5.41) is 0. The monoisotopic (exact) mass is 253 g/mol. The Balaban J connectivity index is 2.30. The Morgan fingerprint density at radius 2 is 1.63 bits per heavy atom. The van der Waals surface area contributed by atoms with Crippen LogP contribution in [0, 0.1) is 6.92 Å². The van der Waals surface area contributed by atoms with Gasteiger partial charge in [0.05, 0.1) is 0 Å². The van der Waals surface area contributed by atoms with Gasteiger partial charge in [0.15, 0.2) is 0 Å². The number of pyridine rings is 1. The first-order chi connectivity index (χ1) is 8.88. The van der Waals surface area contributed by atoms with Gasteiger partial charge in [-0.25, -0.2) is 4.98 Å². The van der Waals surface area contributed by atoms with Crippen molar-refractivity contribution in [1.29, 1.82) is 0 Å². The summed E-state index contributed by atoms with van der Waals surface area (Å²) >= 11 is 0. The van der Waals surface area contributed by atoms with Crippen LogP contribution in [0.25, 0.3) is 0 Å². The maximum atomic E-state index is 12.3. The lowest BCUT2D eigenvalue weighted by molar-refractivity contribution is 0.103. The maximum Gasteiger partial charge on any atom is 0.211 e. The van der Waals surface area contributed by atoms with E-state index in [4.69, 9.17) is 0 Å². The number of nitrogens with zero attached hydrogens (tertiary/aromatic N) is 1. The van der Waals surface area contributed by atoms with E-state index in [0.29, 0.717) is 11.3 Å². The molecule has 0 amide bonds. The Kier molecular flexibility index (Phi) is 3.52. The van der Waals surface area contributed by atoms with Gasteiger partial charge in [-0.2, -0.15) is 0 Å². The van der Waals surface area contributed by atoms with Gasteiger partial charge >= 0.3 is 0 Å². The number of aryl methyl sites for hydroxylation is 1. The lowest BCUT2D eigenvalue weighted by Crippen LogP contribution is -2.11. The van der Waals surface area contributed by atoms with Gasteiger partial charge in [-0.3, -0.25) is 4.79 Å². The summed E-state index contributed by atoms with van der Waals surface area (Å²) in [7, 11) is 0. The highest BCUT2D eigenvalue weighted by atomic mass is 16.1. The highest BCUT2D eigenvalue weighted by Gasteiger charge is 2.15. The molecule has 0 radical (unpaired) electrons. The van der Waals surface area contributed by atoms with Gasteiger partial charge in [-0.05, 0) is 30.0 Å². The first kappa shape index (κ1) is 13.5. The van der Waals surface area contributed by atoms with Gasteiger partial charge in [-0.15, -0.1) is 0 Å². The van der Waals surface area contributed by atoms with Gasteiger partial charge in [0.2, 0.25) is 5.78 Å². The van der Waals surface area contributed by atoms with Crippen molar-refractivity contribution in [3.63, 3.8) is 0 Å². The van der Waals surface area contributed by atoms with Gasteiger partial charge in [0, 0.05) is 11.3 Å². The molecule has 0 spiro atoms. The van der Waals surface area contributed by atoms with Gasteiger partial charge in [-0.1, -0.05) is 51.1 Å². The lowest BCUT2D eigenvalue weighted by Gasteiger charge is -2.18. The van der Waals surface area contributed by atoms with Crippen molar-refractivity contribution in [3.8, 4) is 0 Å². The normalized spacial score (nSPS) is 11.4. The molecule has 98 valence electrons. The quantitative estimate of drug-likeness (QED) is 0.759. The molecule has 0 saturated carbocycles. The zero-order valence-corrected chi connectivity index (χ0v) is 11.9. The molecule has 0 atom stereocenters. The van der Waals surface area contributed by atoms with Crippen LogP contribution in [-0.4, -0.2) is 10.8 Å². The summed E-state index contributed by atoms with van der Waals surface area (Å²) in [5.41, 5.74) is 3.37. The number of hydrogen-bond acceptors (Lipinski definition) is 2. The third-order valence-corrected chi connectivity index (χ3v) is 3.13. The van der Waals surface area contributed by atoms with E-state index in [1.165, 1.54) is 5.56 Å². The van der Waals surface area contributed by atoms with E-state index in [2.05, 4.69) is 25.8 Å². The summed E-state index contributed by atoms with van der Waals surface area (Å²) in [5.74, 6) is -0.0239. The second-order valence-electron chi connectivity index (χ2n) is 5.82. The maximum absolute atomic E-state index is 12.3. The molecule has 1 heterocycles. The number of aromatic nitrogens is 1. The molecule has 0 aliphatic heterocycles. The summed E-state index contributed by atoms with van der Waals surface area (Å²) in [6.45, 7) is 8.36. The third kappa shape index (κ3) is 3.08. The van der Waals surface area contributed by atoms with Crippen LogP contribution in [0.1, 0.15) is 48.1 Å². The van der Waals surface area contributed by atoms with E-state index in [9.17, 15) is 4.79 Å². The predicted octanol–water partition coefficient (Wildman–Crippen LogP) is 3.92. The molecule has 2 aromatic rings. The Morgan fingerprint density at radius 1 is 1.00 bits per heavy atom. The fourth-order valence-corrected chi connectivity index (χ4v) is 1.94. The molecule has 2 heteroatoms. The SMILES string of the molecule is Cc1cccc(C(=O)c2ccc(C(C)(C)C)cc2)n1. The molecule has 0 bridgehead atoms. The molecular formula is C17H19NO. The van der Waals surface area contributed by atoms with Crippen LogP contribution in [0.4, 0.5) is 0 Å². The zero-order chi connectivity index (χ0) is 14.0. The van der Waals surface area contributed by atoms with Crippen LogP contribution in [0.5, 0.6) is 0 Å². The van der Waals surface area contributed by atoms with Crippen molar-refractivity contribution in [3.05, 3.63) is 65.0 Å². The van der Waals surface area contributed by atoms with E-state index in [1.54, 1.807) is 6.07 Å². The standard InChI is InChI=1S/C17H19NO/c1-12-6-5-7-15(18-12)16(19)13-8-10-14(11-9-13)17(2,3)4/h5-11H,1-4H3. The van der Waals surface area contributed by atoms with Crippen LogP contribution < -0.4 is 0 Å². The van der Waals surface area contributed by atoms with Gasteiger partial charge in [0.25, 0.3) is 0 Å². The van der Waals surface area contributed by atoms with E-state index >= 15 is 0 Å². The minimum absolute atomic E-state index is 0.0239. The molecule has 0 unspecified atom stereocenters. The molecule has 0 aliphatic carbocycles. The molecule has 0 fully saturated rings. The lowest BCUT2D eigenvalue weighted by atomic mass is 9.86. The van der Waals surface area contributed by atoms with E-state index in [1.807, 2.05) is 43.3 Å². The highest BCUT2D eigenvalue weighted by molar-refractivity contribution is 6.07. The molecule has 0 N–H and O–H groups in total. The van der Waals surface area contributed by atoms with Crippen molar-refractivity contribution < 1.29 is 4.79 Å². The van der Waals surface area contributed by atoms with Crippen molar-refractivity contribution in [2.24, 2.45) is 0 Å². The van der Waals surface area contributed by atoms with Crippen LogP contribution >= 0.6 is 0 Å². The van der Waals surface area contributed by atoms with Crippen LogP contribution in [0.15, 0.2) is 42.5 Å². The number of benzene rings is 1. The second-order valence-corrected chi connectivity index (χ2v) is 5.82. The van der Waals surface area contributed by atoms with Gasteiger partial charge in [0.1, 0.15) is 5.69 Å². The Morgan fingerprint density at radius 3 is 2.16 bits per heavy atom. The minimum atomic E-state index is -0.0239. The number of hydrogen-bond donors (Lipinski definition) is 0. The predicted molar refractivity (Wildman–Crippen MR) is 77.5 cm³/mol. The topological polar surface area (TPSA) is 30.0 Å². The molecular weight excluding hydrogens is 234 g/mol. The fourth-order valence-electron chi connectivity index (χ4n) is 1.94. The van der Waals surface area contributed by atoms with E-state index in [-0.39, 0.29) is 11.2 Å². The van der Waals surface area contributed by atoms with Crippen LogP contribution in [-0.2, 0) is 5.41 Å². The number of rotatable bonds is 2. The van der Waals surface area contributed by atoms with Crippen molar-refractivity contribution in [1.82, 2.24) is 4.98 Å². The Bertz CT molecular complexity index is 591. The first-order valence-electron chi connectivity index (χ1n) is 6.47. The van der Waals surface area contributed by atoms with Crippen LogP contribution in [0.2, 0.25) is 0 Å². The Hall–Kier alpha value is -1.96. The summed E-state index contributed by atoms with van der Waals surface area (Å²) in [4.78, 5) is 16.6. The molecule has 2 nitrogen and oxygen atoms in total. The second kappa shape index (κ2) is 4.96. The summed E-state index contributed by atoms with van der Waals surface area (Å²) < 4.78 is 0. The van der Waals surface area contributed by atoms with Gasteiger partial charge < -0.3 is 0 Å². The smallest absolute Gasteiger partial charge is 0.211 e. The van der Waals surface area contributed by atoms with Crippen molar-refractivity contribution in [2.75, 3.05) is 0 Å². The largest absolute Gasteiger partial charge is 0.287 e. The van der Waals surface area contributed by atoms with Crippen molar-refractivity contribution >= 4 is 5.78 Å². The molecule has 2 rings (SSSR count). The molecule has 0 saturated heterocycles. The number of carbonyl (C=O) groups is 1. The molecule has 1 aromatic carbocycles. The summed E-state index contributed by atoms with van der Waals surface area (Å²) in [6, 6.07) is 13.3. The first-order valence-corrected chi connectivity index (χ1v) is 6.47. The zero-order valence-electron chi connectivity index (χ0n) is 11.9. The number of carbonyl (C=O) groups excluding carboxylic acids is 1. The molecule has 0 aliphatic rings. The van der Waals surface area contributed by atoms with E-state index < -0.39 is 0 Å². The average molecular weight is 253 g/mol. The average Bonchev–Trinajstić information content (AvgIpc) is 2.37. The molecule has 19 heavy (non-hydrogen) atoms. The van der Waals surface area contributed by atoms with Crippen molar-refractivity contribution in [2.45, 2.75) is 33.1 Å². The minimum Gasteiger partial charge on any atom is -0.287 e. The Labute approximate surface area is 114 Å². The van der Waals surface area contributed by atoms with Crippen LogP contribution in [0.3, 0.4) is 0 Å². The third-order valence-electron chi connectivity index (χ3n) is 3.13. The van der Waals surface area contributed by atoms with E-state index in [0.717, 1.165) is 5.69 Å². The molecule has 1 aromatic heterocycles. The number of ketones is 1. The fraction of sp³-hybridized carbons (Fsp3) is 0.294. The highest BCUT2D eigenvalue weighted by Crippen LogP contribution is 2.22.